The van der Waals surface area contributed by atoms with Crippen LogP contribution in [0.3, 0.4) is 0 Å². The van der Waals surface area contributed by atoms with Crippen LogP contribution in [0.15, 0.2) is 6.07 Å². The van der Waals surface area contributed by atoms with E-state index in [1.165, 1.54) is 47.5 Å². The number of rotatable bonds is 5. The van der Waals surface area contributed by atoms with Gasteiger partial charge in [0.05, 0.1) is 4.88 Å². The molecular formula is C19H27N3O3S. The van der Waals surface area contributed by atoms with E-state index < -0.39 is 0 Å². The van der Waals surface area contributed by atoms with Crippen molar-refractivity contribution in [1.29, 1.82) is 0 Å². The van der Waals surface area contributed by atoms with E-state index in [1.54, 1.807) is 0 Å². The van der Waals surface area contributed by atoms with Crippen molar-refractivity contribution in [2.75, 3.05) is 6.54 Å². The molecule has 6 nitrogen and oxygen atoms in total. The van der Waals surface area contributed by atoms with Gasteiger partial charge in [-0.15, -0.1) is 11.3 Å². The van der Waals surface area contributed by atoms with Gasteiger partial charge in [-0.1, -0.05) is 19.8 Å². The SMILES string of the molecule is C[C@@H]1C[C@@H]1C(=O)NCCC(=O)NNC(=O)c1cc2c(s1)CCCCCC2. The summed E-state index contributed by atoms with van der Waals surface area (Å²) in [5.41, 5.74) is 6.19. The normalized spacial score (nSPS) is 21.7. The van der Waals surface area contributed by atoms with Crippen molar-refractivity contribution >= 4 is 29.1 Å². The van der Waals surface area contributed by atoms with Crippen LogP contribution < -0.4 is 16.2 Å². The third-order valence-electron chi connectivity index (χ3n) is 5.13. The van der Waals surface area contributed by atoms with E-state index >= 15 is 0 Å². The number of carbonyl (C=O) groups excluding carboxylic acids is 3. The van der Waals surface area contributed by atoms with Crippen LogP contribution in [0.1, 0.15) is 65.6 Å². The van der Waals surface area contributed by atoms with Crippen LogP contribution in [-0.4, -0.2) is 24.3 Å². The van der Waals surface area contributed by atoms with Gasteiger partial charge in [0.25, 0.3) is 5.91 Å². The highest BCUT2D eigenvalue weighted by Crippen LogP contribution is 2.37. The Morgan fingerprint density at radius 3 is 2.58 bits per heavy atom. The summed E-state index contributed by atoms with van der Waals surface area (Å²) in [5.74, 6) is -0.00181. The fraction of sp³-hybridized carbons (Fsp3) is 0.632. The monoisotopic (exact) mass is 377 g/mol. The van der Waals surface area contributed by atoms with E-state index in [-0.39, 0.29) is 36.6 Å². The lowest BCUT2D eigenvalue weighted by Crippen LogP contribution is -2.42. The standard InChI is InChI=1S/C19H27N3O3S/c1-12-10-14(12)18(24)20-9-8-17(23)21-22-19(25)16-11-13-6-4-2-3-5-7-15(13)26-16/h11-12,14H,2-10H2,1H3,(H,20,24)(H,21,23)(H,22,25)/t12-,14+/m1/s1. The summed E-state index contributed by atoms with van der Waals surface area (Å²) < 4.78 is 0. The molecule has 7 heteroatoms. The number of fused-ring (bicyclic) bond motifs is 1. The first-order valence-electron chi connectivity index (χ1n) is 9.53. The Labute approximate surface area is 158 Å². The van der Waals surface area contributed by atoms with Crippen molar-refractivity contribution in [3.05, 3.63) is 21.4 Å². The van der Waals surface area contributed by atoms with Gasteiger partial charge in [-0.05, 0) is 49.7 Å². The summed E-state index contributed by atoms with van der Waals surface area (Å²) in [6.45, 7) is 2.33. The van der Waals surface area contributed by atoms with Gasteiger partial charge in [0.15, 0.2) is 0 Å². The Balaban J connectivity index is 1.39. The molecule has 0 aliphatic heterocycles. The Bertz CT molecular complexity index is 660. The number of hydrogen-bond donors (Lipinski definition) is 3. The molecule has 1 saturated carbocycles. The minimum Gasteiger partial charge on any atom is -0.355 e. The molecule has 0 radical (unpaired) electrons. The topological polar surface area (TPSA) is 87.3 Å². The smallest absolute Gasteiger partial charge is 0.279 e. The second-order valence-electron chi connectivity index (χ2n) is 7.34. The molecule has 0 bridgehead atoms. The molecule has 2 aliphatic rings. The molecule has 1 aromatic heterocycles. The molecule has 0 saturated heterocycles. The maximum absolute atomic E-state index is 12.3. The molecule has 0 aromatic carbocycles. The van der Waals surface area contributed by atoms with Gasteiger partial charge >= 0.3 is 0 Å². The number of hydrazine groups is 1. The van der Waals surface area contributed by atoms with Crippen LogP contribution in [0.2, 0.25) is 0 Å². The van der Waals surface area contributed by atoms with Crippen molar-refractivity contribution in [3.8, 4) is 0 Å². The summed E-state index contributed by atoms with van der Waals surface area (Å²) in [6, 6.07) is 1.96. The average Bonchev–Trinajstić information content (AvgIpc) is 3.21. The van der Waals surface area contributed by atoms with E-state index in [2.05, 4.69) is 16.2 Å². The Kier molecular flexibility index (Phi) is 6.29. The van der Waals surface area contributed by atoms with Gasteiger partial charge in [-0.3, -0.25) is 25.2 Å². The van der Waals surface area contributed by atoms with E-state index in [1.807, 2.05) is 13.0 Å². The molecular weight excluding hydrogens is 350 g/mol. The van der Waals surface area contributed by atoms with Crippen molar-refractivity contribution in [2.24, 2.45) is 11.8 Å². The lowest BCUT2D eigenvalue weighted by molar-refractivity contribution is -0.123. The summed E-state index contributed by atoms with van der Waals surface area (Å²) in [5, 5.41) is 2.76. The molecule has 0 spiro atoms. The van der Waals surface area contributed by atoms with Crippen molar-refractivity contribution in [2.45, 2.75) is 58.3 Å². The highest BCUT2D eigenvalue weighted by molar-refractivity contribution is 7.14. The second-order valence-corrected chi connectivity index (χ2v) is 8.47. The van der Waals surface area contributed by atoms with Crippen LogP contribution >= 0.6 is 11.3 Å². The van der Waals surface area contributed by atoms with E-state index in [4.69, 9.17) is 0 Å². The molecule has 3 amide bonds. The third-order valence-corrected chi connectivity index (χ3v) is 6.37. The number of nitrogens with one attached hydrogen (secondary N) is 3. The first-order valence-corrected chi connectivity index (χ1v) is 10.3. The van der Waals surface area contributed by atoms with E-state index in [0.717, 1.165) is 19.3 Å². The summed E-state index contributed by atoms with van der Waals surface area (Å²) >= 11 is 1.53. The maximum atomic E-state index is 12.3. The number of aryl methyl sites for hydroxylation is 2. The van der Waals surface area contributed by atoms with E-state index in [9.17, 15) is 14.4 Å². The summed E-state index contributed by atoms with van der Waals surface area (Å²) in [4.78, 5) is 37.7. The first kappa shape index (κ1) is 18.9. The Morgan fingerprint density at radius 2 is 1.85 bits per heavy atom. The molecule has 1 aromatic rings. The molecule has 3 rings (SSSR count). The summed E-state index contributed by atoms with van der Waals surface area (Å²) in [6.07, 6.45) is 8.01. The van der Waals surface area contributed by atoms with Crippen molar-refractivity contribution in [3.63, 3.8) is 0 Å². The molecule has 2 atom stereocenters. The molecule has 1 heterocycles. The van der Waals surface area contributed by atoms with Crippen LogP contribution in [0.5, 0.6) is 0 Å². The number of thiophene rings is 1. The second kappa shape index (κ2) is 8.66. The minimum absolute atomic E-state index is 0.0188. The van der Waals surface area contributed by atoms with Crippen LogP contribution in [0.25, 0.3) is 0 Å². The largest absolute Gasteiger partial charge is 0.355 e. The van der Waals surface area contributed by atoms with Crippen molar-refractivity contribution < 1.29 is 14.4 Å². The van der Waals surface area contributed by atoms with Crippen LogP contribution in [0.4, 0.5) is 0 Å². The maximum Gasteiger partial charge on any atom is 0.279 e. The molecule has 2 aliphatic carbocycles. The zero-order valence-corrected chi connectivity index (χ0v) is 16.0. The zero-order chi connectivity index (χ0) is 18.5. The quantitative estimate of drug-likeness (QED) is 0.688. The highest BCUT2D eigenvalue weighted by Gasteiger charge is 2.38. The summed E-state index contributed by atoms with van der Waals surface area (Å²) in [7, 11) is 0. The van der Waals surface area contributed by atoms with Crippen molar-refractivity contribution in [1.82, 2.24) is 16.2 Å². The predicted octanol–water partition coefficient (Wildman–Crippen LogP) is 2.33. The zero-order valence-electron chi connectivity index (χ0n) is 15.2. The Hall–Kier alpha value is -1.89. The fourth-order valence-electron chi connectivity index (χ4n) is 3.32. The number of carbonyl (C=O) groups is 3. The molecule has 1 fully saturated rings. The molecule has 0 unspecified atom stereocenters. The number of hydrogen-bond acceptors (Lipinski definition) is 4. The van der Waals surface area contributed by atoms with Crippen LogP contribution in [0, 0.1) is 11.8 Å². The average molecular weight is 378 g/mol. The lowest BCUT2D eigenvalue weighted by Gasteiger charge is -2.07. The first-order chi connectivity index (χ1) is 12.5. The minimum atomic E-state index is -0.308. The van der Waals surface area contributed by atoms with Gasteiger partial charge in [0.1, 0.15) is 0 Å². The van der Waals surface area contributed by atoms with E-state index in [0.29, 0.717) is 10.8 Å². The highest BCUT2D eigenvalue weighted by atomic mass is 32.1. The number of amides is 3. The fourth-order valence-corrected chi connectivity index (χ4v) is 4.47. The third kappa shape index (κ3) is 5.06. The van der Waals surface area contributed by atoms with Gasteiger partial charge in [0, 0.05) is 23.8 Å². The van der Waals surface area contributed by atoms with Gasteiger partial charge in [-0.25, -0.2) is 0 Å². The Morgan fingerprint density at radius 1 is 1.12 bits per heavy atom. The van der Waals surface area contributed by atoms with Crippen LogP contribution in [-0.2, 0) is 22.4 Å². The predicted molar refractivity (Wildman–Crippen MR) is 101 cm³/mol. The molecule has 142 valence electrons. The van der Waals surface area contributed by atoms with Gasteiger partial charge in [0.2, 0.25) is 11.8 Å². The molecule has 26 heavy (non-hydrogen) atoms. The lowest BCUT2D eigenvalue weighted by atomic mass is 10.00. The van der Waals surface area contributed by atoms with Gasteiger partial charge in [-0.2, -0.15) is 0 Å². The molecule has 3 N–H and O–H groups in total. The van der Waals surface area contributed by atoms with Gasteiger partial charge < -0.3 is 5.32 Å².